The van der Waals surface area contributed by atoms with E-state index in [-0.39, 0.29) is 18.2 Å². The van der Waals surface area contributed by atoms with E-state index in [1.807, 2.05) is 71.2 Å². The molecule has 1 fully saturated rings. The Labute approximate surface area is 224 Å². The van der Waals surface area contributed by atoms with Crippen LogP contribution in [0.3, 0.4) is 0 Å². The van der Waals surface area contributed by atoms with Crippen molar-refractivity contribution in [2.24, 2.45) is 5.92 Å². The second-order valence-corrected chi connectivity index (χ2v) is 11.8. The SMILES string of the molecule is CSCC[C@@H](NC(=O)[C@@H](NC(=O)C1(c2ccccc2)CCN(C(=O)OC(C)(C)C)CC1)C(C)C)C(=O)O. The number of ether oxygens (including phenoxy) is 1. The molecule has 3 N–H and O–H groups in total. The maximum Gasteiger partial charge on any atom is 0.410 e. The van der Waals surface area contributed by atoms with E-state index in [1.165, 1.54) is 11.8 Å². The van der Waals surface area contributed by atoms with Crippen molar-refractivity contribution in [2.45, 2.75) is 77.0 Å². The minimum atomic E-state index is -1.11. The summed E-state index contributed by atoms with van der Waals surface area (Å²) in [7, 11) is 0. The van der Waals surface area contributed by atoms with E-state index in [2.05, 4.69) is 10.6 Å². The Kier molecular flexibility index (Phi) is 10.8. The number of aliphatic carboxylic acids is 1. The van der Waals surface area contributed by atoms with Crippen LogP contribution in [0, 0.1) is 5.92 Å². The number of thioether (sulfide) groups is 1. The van der Waals surface area contributed by atoms with Crippen LogP contribution in [0.5, 0.6) is 0 Å². The Morgan fingerprint density at radius 3 is 2.16 bits per heavy atom. The van der Waals surface area contributed by atoms with E-state index < -0.39 is 41.1 Å². The zero-order chi connectivity index (χ0) is 27.8. The van der Waals surface area contributed by atoms with Gasteiger partial charge in [0.1, 0.15) is 17.7 Å². The molecule has 0 bridgehead atoms. The highest BCUT2D eigenvalue weighted by atomic mass is 32.2. The smallest absolute Gasteiger partial charge is 0.410 e. The maximum atomic E-state index is 13.9. The molecule has 1 aromatic rings. The van der Waals surface area contributed by atoms with E-state index >= 15 is 0 Å². The van der Waals surface area contributed by atoms with Gasteiger partial charge >= 0.3 is 12.1 Å². The molecule has 0 unspecified atom stereocenters. The van der Waals surface area contributed by atoms with E-state index in [0.717, 1.165) is 5.56 Å². The Morgan fingerprint density at radius 1 is 1.08 bits per heavy atom. The van der Waals surface area contributed by atoms with Crippen LogP contribution in [-0.4, -0.2) is 76.7 Å². The second kappa shape index (κ2) is 13.2. The lowest BCUT2D eigenvalue weighted by molar-refractivity contribution is -0.142. The van der Waals surface area contributed by atoms with Crippen molar-refractivity contribution in [2.75, 3.05) is 25.1 Å². The summed E-state index contributed by atoms with van der Waals surface area (Å²) in [5.74, 6) is -1.62. The van der Waals surface area contributed by atoms with Gasteiger partial charge in [0, 0.05) is 13.1 Å². The molecular weight excluding hydrogens is 494 g/mol. The van der Waals surface area contributed by atoms with Gasteiger partial charge in [0.15, 0.2) is 0 Å². The van der Waals surface area contributed by atoms with Crippen LogP contribution >= 0.6 is 11.8 Å². The molecule has 3 amide bonds. The molecule has 9 nitrogen and oxygen atoms in total. The molecule has 0 aromatic heterocycles. The van der Waals surface area contributed by atoms with Gasteiger partial charge in [0.2, 0.25) is 11.8 Å². The van der Waals surface area contributed by atoms with Gasteiger partial charge in [-0.1, -0.05) is 44.2 Å². The van der Waals surface area contributed by atoms with Crippen LogP contribution in [0.4, 0.5) is 4.79 Å². The molecule has 1 aromatic carbocycles. The lowest BCUT2D eigenvalue weighted by Gasteiger charge is -2.42. The minimum absolute atomic E-state index is 0.270. The number of carboxylic acids is 1. The number of rotatable bonds is 10. The largest absolute Gasteiger partial charge is 0.480 e. The van der Waals surface area contributed by atoms with Gasteiger partial charge in [0.25, 0.3) is 0 Å². The number of hydrogen-bond donors (Lipinski definition) is 3. The average molecular weight is 536 g/mol. The first-order chi connectivity index (χ1) is 17.3. The van der Waals surface area contributed by atoms with E-state index in [9.17, 15) is 24.3 Å². The fourth-order valence-corrected chi connectivity index (χ4v) is 4.84. The van der Waals surface area contributed by atoms with E-state index in [4.69, 9.17) is 4.74 Å². The van der Waals surface area contributed by atoms with Crippen molar-refractivity contribution in [1.82, 2.24) is 15.5 Å². The Morgan fingerprint density at radius 2 is 1.68 bits per heavy atom. The second-order valence-electron chi connectivity index (χ2n) is 10.8. The molecule has 0 spiro atoms. The van der Waals surface area contributed by atoms with Crippen LogP contribution in [0.15, 0.2) is 30.3 Å². The molecule has 37 heavy (non-hydrogen) atoms. The third kappa shape index (κ3) is 8.38. The van der Waals surface area contributed by atoms with Crippen LogP contribution in [0.25, 0.3) is 0 Å². The first-order valence-electron chi connectivity index (χ1n) is 12.7. The lowest BCUT2D eigenvalue weighted by Crippen LogP contribution is -2.59. The quantitative estimate of drug-likeness (QED) is 0.419. The third-order valence-corrected chi connectivity index (χ3v) is 7.13. The fraction of sp³-hybridized carbons (Fsp3) is 0.630. The van der Waals surface area contributed by atoms with Gasteiger partial charge in [-0.05, 0) is 63.5 Å². The van der Waals surface area contributed by atoms with Crippen molar-refractivity contribution in [1.29, 1.82) is 0 Å². The summed E-state index contributed by atoms with van der Waals surface area (Å²) in [6, 6.07) is 7.43. The van der Waals surface area contributed by atoms with Crippen molar-refractivity contribution in [3.05, 3.63) is 35.9 Å². The lowest BCUT2D eigenvalue weighted by atomic mass is 9.71. The average Bonchev–Trinajstić information content (AvgIpc) is 2.83. The van der Waals surface area contributed by atoms with Crippen LogP contribution in [0.2, 0.25) is 0 Å². The van der Waals surface area contributed by atoms with Crippen molar-refractivity contribution >= 4 is 35.6 Å². The number of carbonyl (C=O) groups is 4. The minimum Gasteiger partial charge on any atom is -0.480 e. The highest BCUT2D eigenvalue weighted by Gasteiger charge is 2.45. The molecule has 0 saturated carbocycles. The molecule has 206 valence electrons. The summed E-state index contributed by atoms with van der Waals surface area (Å²) in [5.41, 5.74) is -0.759. The maximum absolute atomic E-state index is 13.9. The number of carboxylic acid groups (broad SMARTS) is 1. The number of piperidine rings is 1. The van der Waals surface area contributed by atoms with Crippen LogP contribution in [-0.2, 0) is 24.5 Å². The van der Waals surface area contributed by atoms with Gasteiger partial charge in [-0.3, -0.25) is 9.59 Å². The summed E-state index contributed by atoms with van der Waals surface area (Å²) in [6.07, 6.45) is 2.46. The van der Waals surface area contributed by atoms with Crippen molar-refractivity contribution < 1.29 is 29.0 Å². The monoisotopic (exact) mass is 535 g/mol. The summed E-state index contributed by atoms with van der Waals surface area (Å²) in [6.45, 7) is 9.69. The molecule has 1 saturated heterocycles. The van der Waals surface area contributed by atoms with Crippen molar-refractivity contribution in [3.63, 3.8) is 0 Å². The fourth-order valence-electron chi connectivity index (χ4n) is 4.37. The highest BCUT2D eigenvalue weighted by Crippen LogP contribution is 2.36. The number of carbonyl (C=O) groups excluding carboxylic acids is 3. The topological polar surface area (TPSA) is 125 Å². The molecule has 2 atom stereocenters. The summed E-state index contributed by atoms with van der Waals surface area (Å²) in [4.78, 5) is 52.9. The highest BCUT2D eigenvalue weighted by molar-refractivity contribution is 7.98. The molecule has 1 heterocycles. The summed E-state index contributed by atoms with van der Waals surface area (Å²) in [5, 5.41) is 15.1. The first-order valence-corrected chi connectivity index (χ1v) is 14.1. The predicted molar refractivity (Wildman–Crippen MR) is 144 cm³/mol. The van der Waals surface area contributed by atoms with Crippen LogP contribution < -0.4 is 10.6 Å². The number of hydrogen-bond acceptors (Lipinski definition) is 6. The molecule has 1 aliphatic heterocycles. The van der Waals surface area contributed by atoms with Crippen LogP contribution in [0.1, 0.15) is 59.4 Å². The number of benzene rings is 1. The zero-order valence-corrected chi connectivity index (χ0v) is 23.5. The third-order valence-electron chi connectivity index (χ3n) is 6.49. The molecule has 10 heteroatoms. The number of amides is 3. The zero-order valence-electron chi connectivity index (χ0n) is 22.7. The van der Waals surface area contributed by atoms with Crippen molar-refractivity contribution in [3.8, 4) is 0 Å². The van der Waals surface area contributed by atoms with Gasteiger partial charge in [-0.2, -0.15) is 11.8 Å². The summed E-state index contributed by atoms with van der Waals surface area (Å²) < 4.78 is 5.51. The normalized spacial score (nSPS) is 17.0. The number of nitrogens with one attached hydrogen (secondary N) is 2. The molecule has 0 radical (unpaired) electrons. The molecule has 0 aliphatic carbocycles. The predicted octanol–water partition coefficient (Wildman–Crippen LogP) is 3.42. The Balaban J connectivity index is 2.25. The van der Waals surface area contributed by atoms with E-state index in [1.54, 1.807) is 4.90 Å². The standard InChI is InChI=1S/C27H41N3O6S/c1-18(2)21(22(31)28-20(23(32)33)12-17-37-6)29-24(34)27(19-10-8-7-9-11-19)13-15-30(16-14-27)25(35)36-26(3,4)5/h7-11,18,20-21H,12-17H2,1-6H3,(H,28,31)(H,29,34)(H,32,33)/t20-,21+/m1/s1. The molecule has 1 aliphatic rings. The van der Waals surface area contributed by atoms with Gasteiger partial charge in [0.05, 0.1) is 5.41 Å². The van der Waals surface area contributed by atoms with Gasteiger partial charge in [-0.25, -0.2) is 9.59 Å². The first kappa shape index (κ1) is 30.5. The molecule has 2 rings (SSSR count). The Hall–Kier alpha value is -2.75. The van der Waals surface area contributed by atoms with Gasteiger partial charge in [-0.15, -0.1) is 0 Å². The molecular formula is C27H41N3O6S. The summed E-state index contributed by atoms with van der Waals surface area (Å²) >= 11 is 1.50. The van der Waals surface area contributed by atoms with E-state index in [0.29, 0.717) is 31.7 Å². The van der Waals surface area contributed by atoms with Gasteiger partial charge < -0.3 is 25.4 Å². The number of nitrogens with zero attached hydrogens (tertiary/aromatic N) is 1. The Bertz CT molecular complexity index is 939. The number of likely N-dealkylation sites (tertiary alicyclic amines) is 1.